The van der Waals surface area contributed by atoms with Crippen molar-refractivity contribution in [3.63, 3.8) is 0 Å². The third kappa shape index (κ3) is 5.60. The zero-order valence-corrected chi connectivity index (χ0v) is 32.2. The largest absolute Gasteiger partial charge is 0.481 e. The molecule has 6 aliphatic carbocycles. The Balaban J connectivity index is 1.28. The molecule has 5 saturated carbocycles. The third-order valence-electron chi connectivity index (χ3n) is 16.5. The van der Waals surface area contributed by atoms with Crippen LogP contribution in [0, 0.1) is 56.2 Å². The van der Waals surface area contributed by atoms with Crippen LogP contribution in [0.2, 0.25) is 0 Å². The smallest absolute Gasteiger partial charge is 0.309 e. The van der Waals surface area contributed by atoms with Crippen LogP contribution in [0.1, 0.15) is 152 Å². The highest BCUT2D eigenvalue weighted by atomic mass is 16.5. The number of carboxylic acid groups (broad SMARTS) is 1. The Morgan fingerprint density at radius 3 is 2.20 bits per heavy atom. The molecule has 0 spiro atoms. The molecule has 0 bridgehead atoms. The van der Waals surface area contributed by atoms with Gasteiger partial charge in [0, 0.05) is 29.8 Å². The highest BCUT2D eigenvalue weighted by molar-refractivity contribution is 6.00. The van der Waals surface area contributed by atoms with Crippen molar-refractivity contribution in [2.24, 2.45) is 56.2 Å². The van der Waals surface area contributed by atoms with E-state index in [1.807, 2.05) is 0 Å². The number of rotatable bonds is 9. The van der Waals surface area contributed by atoms with Gasteiger partial charge in [0.05, 0.1) is 17.9 Å². The first-order valence-electron chi connectivity index (χ1n) is 19.9. The second-order valence-corrected chi connectivity index (χ2v) is 20.0. The SMILES string of the molecule is CC(C)C1=C2[C@H]3CC[C@@H]4[C@@]5(C)CC[C@H](OC(=O)CC(C)(C)C(=O)O)C(C)(C)[C@@H]5CC[C@@]4(C)[C@]3(C)CC[C@@]2([C@H](O)CNC2CCCC2)CC1=O. The number of carbonyl (C=O) groups is 3. The zero-order chi connectivity index (χ0) is 35.9. The number of aliphatic hydroxyl groups is 1. The van der Waals surface area contributed by atoms with Crippen LogP contribution in [0.4, 0.5) is 0 Å². The van der Waals surface area contributed by atoms with Gasteiger partial charge in [0.15, 0.2) is 5.78 Å². The maximum atomic E-state index is 14.0. The summed E-state index contributed by atoms with van der Waals surface area (Å²) in [5.74, 6) is 0.248. The summed E-state index contributed by atoms with van der Waals surface area (Å²) in [7, 11) is 0. The molecule has 6 aliphatic rings. The molecule has 0 unspecified atom stereocenters. The van der Waals surface area contributed by atoms with Gasteiger partial charge in [-0.3, -0.25) is 14.4 Å². The Morgan fingerprint density at radius 2 is 1.57 bits per heavy atom. The summed E-state index contributed by atoms with van der Waals surface area (Å²) in [5.41, 5.74) is 0.762. The van der Waals surface area contributed by atoms with Crippen molar-refractivity contribution in [2.45, 2.75) is 170 Å². The van der Waals surface area contributed by atoms with Crippen molar-refractivity contribution in [1.82, 2.24) is 5.32 Å². The molecule has 0 aromatic rings. The molecule has 0 aromatic heterocycles. The molecule has 3 N–H and O–H groups in total. The number of allylic oxidation sites excluding steroid dienone is 1. The second-order valence-electron chi connectivity index (χ2n) is 20.0. The highest BCUT2D eigenvalue weighted by Gasteiger charge is 2.70. The lowest BCUT2D eigenvalue weighted by atomic mass is 9.33. The van der Waals surface area contributed by atoms with Gasteiger partial charge in [0.2, 0.25) is 0 Å². The number of esters is 1. The number of hydrogen-bond acceptors (Lipinski definition) is 6. The Morgan fingerprint density at radius 1 is 0.898 bits per heavy atom. The lowest BCUT2D eigenvalue weighted by Gasteiger charge is -2.72. The Kier molecular flexibility index (Phi) is 9.41. The summed E-state index contributed by atoms with van der Waals surface area (Å²) in [4.78, 5) is 38.8. The number of ether oxygens (including phenoxy) is 1. The quantitative estimate of drug-likeness (QED) is 0.210. The first-order chi connectivity index (χ1) is 22.7. The normalized spacial score (nSPS) is 41.2. The van der Waals surface area contributed by atoms with Crippen LogP contribution >= 0.6 is 0 Å². The van der Waals surface area contributed by atoms with Crippen LogP contribution in [-0.2, 0) is 19.1 Å². The fourth-order valence-corrected chi connectivity index (χ4v) is 13.5. The molecule has 0 saturated heterocycles. The van der Waals surface area contributed by atoms with Gasteiger partial charge in [0.1, 0.15) is 6.10 Å². The number of hydrogen-bond donors (Lipinski definition) is 3. The predicted octanol–water partition coefficient (Wildman–Crippen LogP) is 8.27. The Hall–Kier alpha value is -1.73. The monoisotopic (exact) mass is 681 g/mol. The standard InChI is InChI=1S/C42H67NO6/c1-25(2)34-28(44)22-42(31(45)24-43-26-12-10-11-13-26)21-20-40(8)27(35(34)42)14-15-30-39(7)18-17-32(49-33(46)23-37(3,4)36(47)48)38(5,6)29(39)16-19-41(30,40)9/h25-27,29-32,43,45H,10-24H2,1-9H3,(H,47,48)/t27-,29+,30-,31-,32+,39+,40-,41-,42+/m1/s1. The molecular weight excluding hydrogens is 614 g/mol. The molecule has 49 heavy (non-hydrogen) atoms. The molecule has 7 heteroatoms. The topological polar surface area (TPSA) is 113 Å². The summed E-state index contributed by atoms with van der Waals surface area (Å²) in [6, 6.07) is 0.485. The van der Waals surface area contributed by atoms with Crippen molar-refractivity contribution in [3.8, 4) is 0 Å². The van der Waals surface area contributed by atoms with Crippen LogP contribution in [0.3, 0.4) is 0 Å². The van der Waals surface area contributed by atoms with Crippen molar-refractivity contribution in [2.75, 3.05) is 6.54 Å². The predicted molar refractivity (Wildman–Crippen MR) is 192 cm³/mol. The summed E-state index contributed by atoms with van der Waals surface area (Å²) >= 11 is 0. The van der Waals surface area contributed by atoms with Gasteiger partial charge < -0.3 is 20.3 Å². The number of Topliss-reactive ketones (excluding diaryl/α,β-unsaturated/α-hetero) is 1. The number of nitrogens with one attached hydrogen (secondary N) is 1. The van der Waals surface area contributed by atoms with Crippen LogP contribution < -0.4 is 5.32 Å². The molecule has 9 atom stereocenters. The molecule has 6 rings (SSSR count). The molecule has 0 aromatic carbocycles. The van der Waals surface area contributed by atoms with E-state index < -0.39 is 28.9 Å². The molecule has 0 aliphatic heterocycles. The first kappa shape index (κ1) is 37.0. The summed E-state index contributed by atoms with van der Waals surface area (Å²) in [5, 5.41) is 25.4. The number of ketones is 1. The van der Waals surface area contributed by atoms with Gasteiger partial charge in [-0.05, 0) is 124 Å². The second kappa shape index (κ2) is 12.5. The molecule has 7 nitrogen and oxygen atoms in total. The van der Waals surface area contributed by atoms with Crippen LogP contribution in [0.5, 0.6) is 0 Å². The summed E-state index contributed by atoms with van der Waals surface area (Å²) in [6.45, 7) is 20.3. The van der Waals surface area contributed by atoms with E-state index in [9.17, 15) is 24.6 Å². The van der Waals surface area contributed by atoms with Gasteiger partial charge in [0.25, 0.3) is 0 Å². The Bertz CT molecular complexity index is 1370. The Labute approximate surface area is 296 Å². The van der Waals surface area contributed by atoms with Gasteiger partial charge in [-0.15, -0.1) is 0 Å². The third-order valence-corrected chi connectivity index (χ3v) is 16.5. The molecule has 0 heterocycles. The van der Waals surface area contributed by atoms with Gasteiger partial charge in [-0.25, -0.2) is 0 Å². The van der Waals surface area contributed by atoms with Crippen molar-refractivity contribution >= 4 is 17.7 Å². The average Bonchev–Trinajstić information content (AvgIpc) is 3.63. The summed E-state index contributed by atoms with van der Waals surface area (Å²) in [6.07, 6.45) is 12.5. The van der Waals surface area contributed by atoms with Crippen LogP contribution in [-0.4, -0.2) is 52.7 Å². The van der Waals surface area contributed by atoms with E-state index in [2.05, 4.69) is 53.8 Å². The summed E-state index contributed by atoms with van der Waals surface area (Å²) < 4.78 is 6.16. The molecule has 0 radical (unpaired) electrons. The van der Waals surface area contributed by atoms with E-state index in [1.54, 1.807) is 13.8 Å². The molecular formula is C42H67NO6. The van der Waals surface area contributed by atoms with E-state index >= 15 is 0 Å². The number of fused-ring (bicyclic) bond motifs is 7. The van der Waals surface area contributed by atoms with E-state index in [0.717, 1.165) is 56.9 Å². The first-order valence-corrected chi connectivity index (χ1v) is 19.9. The van der Waals surface area contributed by atoms with Crippen LogP contribution in [0.15, 0.2) is 11.1 Å². The van der Waals surface area contributed by atoms with Gasteiger partial charge in [-0.2, -0.15) is 0 Å². The van der Waals surface area contributed by atoms with E-state index in [1.165, 1.54) is 31.3 Å². The lowest BCUT2D eigenvalue weighted by Crippen LogP contribution is -2.66. The van der Waals surface area contributed by atoms with Crippen molar-refractivity contribution in [3.05, 3.63) is 11.1 Å². The van der Waals surface area contributed by atoms with E-state index in [0.29, 0.717) is 36.8 Å². The number of carbonyl (C=O) groups excluding carboxylic acids is 2. The minimum atomic E-state index is -1.15. The van der Waals surface area contributed by atoms with E-state index in [4.69, 9.17) is 4.74 Å². The average molecular weight is 682 g/mol. The van der Waals surface area contributed by atoms with Gasteiger partial charge >= 0.3 is 11.9 Å². The maximum absolute atomic E-state index is 14.0. The van der Waals surface area contributed by atoms with E-state index in [-0.39, 0.29) is 45.9 Å². The highest BCUT2D eigenvalue weighted by Crippen LogP contribution is 2.77. The molecule has 0 amide bonds. The van der Waals surface area contributed by atoms with Crippen molar-refractivity contribution in [1.29, 1.82) is 0 Å². The number of aliphatic hydroxyl groups excluding tert-OH is 1. The zero-order valence-electron chi connectivity index (χ0n) is 32.2. The number of carboxylic acids is 1. The fraction of sp³-hybridized carbons (Fsp3) is 0.881. The van der Waals surface area contributed by atoms with Gasteiger partial charge in [-0.1, -0.05) is 66.9 Å². The molecule has 5 fully saturated rings. The number of aliphatic carboxylic acids is 1. The van der Waals surface area contributed by atoms with Crippen LogP contribution in [0.25, 0.3) is 0 Å². The minimum Gasteiger partial charge on any atom is -0.481 e. The fourth-order valence-electron chi connectivity index (χ4n) is 13.5. The maximum Gasteiger partial charge on any atom is 0.309 e. The minimum absolute atomic E-state index is 0.0297. The van der Waals surface area contributed by atoms with Crippen molar-refractivity contribution < 1.29 is 29.3 Å². The lowest BCUT2D eigenvalue weighted by molar-refractivity contribution is -0.235. The molecule has 276 valence electrons.